The van der Waals surface area contributed by atoms with E-state index in [1.165, 1.54) is 64.2 Å². The molecular weight excluding hydrogens is 376 g/mol. The van der Waals surface area contributed by atoms with Crippen molar-refractivity contribution in [3.63, 3.8) is 0 Å². The lowest BCUT2D eigenvalue weighted by Gasteiger charge is -2.48. The summed E-state index contributed by atoms with van der Waals surface area (Å²) in [5.74, 6) is -1.77. The number of hydrogen-bond donors (Lipinski definition) is 2. The number of hydrogen-bond acceptors (Lipinski definition) is 2. The summed E-state index contributed by atoms with van der Waals surface area (Å²) in [6, 6.07) is 0. The van der Waals surface area contributed by atoms with Crippen LogP contribution in [0.5, 0.6) is 0 Å². The zero-order valence-electron chi connectivity index (χ0n) is 19.9. The van der Waals surface area contributed by atoms with Gasteiger partial charge < -0.3 is 10.2 Å². The Balaban J connectivity index is 2.34. The Morgan fingerprint density at radius 1 is 0.567 bits per heavy atom. The van der Waals surface area contributed by atoms with Gasteiger partial charge in [-0.05, 0) is 25.7 Å². The fraction of sp³-hybridized carbons (Fsp3) is 0.923. The molecule has 0 bridgehead atoms. The summed E-state index contributed by atoms with van der Waals surface area (Å²) in [4.78, 5) is 24.6. The summed E-state index contributed by atoms with van der Waals surface area (Å²) in [5, 5.41) is 20.2. The van der Waals surface area contributed by atoms with Crippen molar-refractivity contribution >= 4 is 11.9 Å². The fourth-order valence-electron chi connectivity index (χ4n) is 5.77. The molecule has 0 aliphatic heterocycles. The first-order valence-electron chi connectivity index (χ1n) is 12.9. The summed E-state index contributed by atoms with van der Waals surface area (Å²) in [6.07, 6.45) is 20.7. The van der Waals surface area contributed by atoms with Gasteiger partial charge in [-0.1, -0.05) is 117 Å². The number of carboxylic acids is 2. The molecule has 30 heavy (non-hydrogen) atoms. The van der Waals surface area contributed by atoms with E-state index in [9.17, 15) is 19.8 Å². The summed E-state index contributed by atoms with van der Waals surface area (Å²) in [7, 11) is 0. The van der Waals surface area contributed by atoms with Crippen molar-refractivity contribution in [2.45, 2.75) is 142 Å². The minimum absolute atomic E-state index is 0.479. The van der Waals surface area contributed by atoms with Gasteiger partial charge in [-0.15, -0.1) is 0 Å². The molecule has 4 heteroatoms. The van der Waals surface area contributed by atoms with Crippen molar-refractivity contribution in [3.8, 4) is 0 Å². The van der Waals surface area contributed by atoms with Crippen LogP contribution in [-0.2, 0) is 9.59 Å². The van der Waals surface area contributed by atoms with Crippen molar-refractivity contribution in [1.29, 1.82) is 0 Å². The van der Waals surface area contributed by atoms with Crippen LogP contribution in [0.3, 0.4) is 0 Å². The first-order valence-corrected chi connectivity index (χ1v) is 12.9. The van der Waals surface area contributed by atoms with Gasteiger partial charge in [-0.25, -0.2) is 0 Å². The van der Waals surface area contributed by atoms with Crippen LogP contribution in [0.4, 0.5) is 0 Å². The van der Waals surface area contributed by atoms with Gasteiger partial charge in [0.15, 0.2) is 0 Å². The molecule has 1 saturated carbocycles. The summed E-state index contributed by atoms with van der Waals surface area (Å²) in [5.41, 5.74) is -2.16. The van der Waals surface area contributed by atoms with Crippen LogP contribution in [0.25, 0.3) is 0 Å². The van der Waals surface area contributed by atoms with Crippen LogP contribution in [0.15, 0.2) is 0 Å². The molecule has 0 aromatic carbocycles. The van der Waals surface area contributed by atoms with Gasteiger partial charge in [0.1, 0.15) is 0 Å². The maximum Gasteiger partial charge on any atom is 0.310 e. The van der Waals surface area contributed by atoms with Gasteiger partial charge in [0.25, 0.3) is 0 Å². The molecule has 0 heterocycles. The van der Waals surface area contributed by atoms with Crippen molar-refractivity contribution in [2.24, 2.45) is 10.8 Å². The molecule has 0 spiro atoms. The Bertz CT molecular complexity index is 485. The molecule has 1 aliphatic carbocycles. The van der Waals surface area contributed by atoms with Crippen molar-refractivity contribution in [2.75, 3.05) is 0 Å². The highest BCUT2D eigenvalue weighted by Gasteiger charge is 2.60. The second-order valence-electron chi connectivity index (χ2n) is 9.72. The van der Waals surface area contributed by atoms with Crippen molar-refractivity contribution < 1.29 is 19.8 Å². The van der Waals surface area contributed by atoms with E-state index in [1.807, 2.05) is 6.92 Å². The SMILES string of the molecule is CCCCCCCCCCCCCCCC1(C(=O)O)CCCCC1(CCC)C(=O)O. The van der Waals surface area contributed by atoms with Crippen LogP contribution in [0.2, 0.25) is 0 Å². The highest BCUT2D eigenvalue weighted by molar-refractivity contribution is 5.87. The predicted molar refractivity (Wildman–Crippen MR) is 124 cm³/mol. The Kier molecular flexibility index (Phi) is 13.4. The molecule has 2 atom stereocenters. The summed E-state index contributed by atoms with van der Waals surface area (Å²) in [6.45, 7) is 4.22. The average molecular weight is 425 g/mol. The van der Waals surface area contributed by atoms with E-state index in [1.54, 1.807) is 0 Å². The van der Waals surface area contributed by atoms with Crippen LogP contribution in [0.1, 0.15) is 142 Å². The number of rotatable bonds is 18. The third-order valence-corrected chi connectivity index (χ3v) is 7.58. The smallest absolute Gasteiger partial charge is 0.310 e. The van der Waals surface area contributed by atoms with Crippen LogP contribution in [0, 0.1) is 10.8 Å². The molecule has 1 fully saturated rings. The maximum atomic E-state index is 12.4. The van der Waals surface area contributed by atoms with Crippen molar-refractivity contribution in [1.82, 2.24) is 0 Å². The third-order valence-electron chi connectivity index (χ3n) is 7.58. The zero-order chi connectivity index (χ0) is 22.3. The molecule has 1 aliphatic rings. The van der Waals surface area contributed by atoms with Crippen LogP contribution >= 0.6 is 0 Å². The number of carbonyl (C=O) groups is 2. The van der Waals surface area contributed by atoms with E-state index in [0.717, 1.165) is 38.5 Å². The van der Waals surface area contributed by atoms with Crippen molar-refractivity contribution in [3.05, 3.63) is 0 Å². The molecule has 176 valence electrons. The molecule has 0 aromatic heterocycles. The zero-order valence-corrected chi connectivity index (χ0v) is 19.9. The average Bonchev–Trinajstić information content (AvgIpc) is 2.72. The minimum Gasteiger partial charge on any atom is -0.481 e. The normalized spacial score (nSPS) is 24.1. The Labute approximate surface area is 185 Å². The monoisotopic (exact) mass is 424 g/mol. The van der Waals surface area contributed by atoms with E-state index in [0.29, 0.717) is 25.7 Å². The van der Waals surface area contributed by atoms with Gasteiger partial charge in [0.05, 0.1) is 10.8 Å². The molecule has 2 unspecified atom stereocenters. The molecule has 1 rings (SSSR count). The Morgan fingerprint density at radius 3 is 1.30 bits per heavy atom. The number of carboxylic acid groups (broad SMARTS) is 2. The van der Waals surface area contributed by atoms with Gasteiger partial charge in [0.2, 0.25) is 0 Å². The van der Waals surface area contributed by atoms with Gasteiger partial charge >= 0.3 is 11.9 Å². The highest BCUT2D eigenvalue weighted by Crippen LogP contribution is 2.56. The molecule has 0 amide bonds. The lowest BCUT2D eigenvalue weighted by Crippen LogP contribution is -2.54. The Morgan fingerprint density at radius 2 is 0.933 bits per heavy atom. The lowest BCUT2D eigenvalue weighted by atomic mass is 9.52. The molecule has 2 N–H and O–H groups in total. The van der Waals surface area contributed by atoms with Gasteiger partial charge in [-0.3, -0.25) is 9.59 Å². The largest absolute Gasteiger partial charge is 0.481 e. The predicted octanol–water partition coefficient (Wildman–Crippen LogP) is 7.98. The van der Waals surface area contributed by atoms with Crippen LogP contribution in [-0.4, -0.2) is 22.2 Å². The van der Waals surface area contributed by atoms with E-state index in [4.69, 9.17) is 0 Å². The Hall–Kier alpha value is -1.06. The van der Waals surface area contributed by atoms with Crippen LogP contribution < -0.4 is 0 Å². The maximum absolute atomic E-state index is 12.4. The first kappa shape index (κ1) is 27.0. The molecule has 0 radical (unpaired) electrons. The summed E-state index contributed by atoms with van der Waals surface area (Å²) < 4.78 is 0. The molecule has 0 aromatic rings. The van der Waals surface area contributed by atoms with Gasteiger partial charge in [-0.2, -0.15) is 0 Å². The van der Waals surface area contributed by atoms with E-state index >= 15 is 0 Å². The van der Waals surface area contributed by atoms with E-state index in [2.05, 4.69) is 6.92 Å². The quantitative estimate of drug-likeness (QED) is 0.219. The second kappa shape index (κ2) is 14.9. The first-order chi connectivity index (χ1) is 14.5. The van der Waals surface area contributed by atoms with E-state index in [-0.39, 0.29) is 0 Å². The molecule has 0 saturated heterocycles. The highest BCUT2D eigenvalue weighted by atomic mass is 16.4. The van der Waals surface area contributed by atoms with E-state index < -0.39 is 22.8 Å². The standard InChI is InChI=1S/C26H48O4/c1-3-5-6-7-8-9-10-11-12-13-14-15-16-20-26(24(29)30)22-18-17-21-25(26,19-4-2)23(27)28/h3-22H2,1-2H3,(H,27,28)(H,29,30). The molecular formula is C26H48O4. The number of unbranched alkanes of at least 4 members (excludes halogenated alkanes) is 12. The minimum atomic E-state index is -1.08. The topological polar surface area (TPSA) is 74.6 Å². The third kappa shape index (κ3) is 7.57. The lowest BCUT2D eigenvalue weighted by molar-refractivity contribution is -0.182. The fourth-order valence-corrected chi connectivity index (χ4v) is 5.77. The molecule has 4 nitrogen and oxygen atoms in total. The second-order valence-corrected chi connectivity index (χ2v) is 9.72. The van der Waals surface area contributed by atoms with Gasteiger partial charge in [0, 0.05) is 0 Å². The summed E-state index contributed by atoms with van der Waals surface area (Å²) >= 11 is 0. The number of aliphatic carboxylic acids is 2.